The van der Waals surface area contributed by atoms with Crippen LogP contribution in [0.15, 0.2) is 41.0 Å². The Morgan fingerprint density at radius 2 is 2.04 bits per heavy atom. The zero-order valence-electron chi connectivity index (χ0n) is 15.9. The molecule has 1 aliphatic rings. The number of ether oxygens (including phenoxy) is 2. The maximum atomic E-state index is 13.7. The molecule has 2 heterocycles. The molecule has 1 saturated heterocycles. The topological polar surface area (TPSA) is 68.6 Å². The van der Waals surface area contributed by atoms with Gasteiger partial charge in [-0.05, 0) is 49.3 Å². The number of rotatable bonds is 5. The van der Waals surface area contributed by atoms with Gasteiger partial charge in [0.25, 0.3) is 0 Å². The number of aryl methyl sites for hydroxylation is 1. The van der Waals surface area contributed by atoms with E-state index in [1.165, 1.54) is 18.5 Å². The molecule has 0 spiro atoms. The lowest BCUT2D eigenvalue weighted by molar-refractivity contribution is -0.0794. The summed E-state index contributed by atoms with van der Waals surface area (Å²) in [5.41, 5.74) is 3.37. The van der Waals surface area contributed by atoms with Crippen LogP contribution in [0.5, 0.6) is 5.75 Å². The van der Waals surface area contributed by atoms with E-state index < -0.39 is 0 Å². The second-order valence-corrected chi connectivity index (χ2v) is 8.52. The minimum Gasteiger partial charge on any atom is -0.483 e. The molecule has 1 N–H and O–H groups in total. The van der Waals surface area contributed by atoms with Gasteiger partial charge in [-0.25, -0.2) is 18.7 Å². The lowest BCUT2D eigenvalue weighted by Gasteiger charge is -2.27. The van der Waals surface area contributed by atoms with Gasteiger partial charge in [-0.15, -0.1) is 10.7 Å². The van der Waals surface area contributed by atoms with Crippen LogP contribution in [0, 0.1) is 12.7 Å². The standard InChI is InChI=1S/C20H21FN4O2S/c1-12-6-14(25-28(2)3)8-17-19(12)20(23-11-22-17)24-16-5-4-13(21)7-18(16)27-15-9-26-10-15/h4-8,11,15H,9-10H2,1-3H3,(H,22,23,24). The van der Waals surface area contributed by atoms with Gasteiger partial charge in [-0.3, -0.25) is 0 Å². The minimum absolute atomic E-state index is 0.0576. The Morgan fingerprint density at radius 3 is 2.75 bits per heavy atom. The predicted molar refractivity (Wildman–Crippen MR) is 110 cm³/mol. The smallest absolute Gasteiger partial charge is 0.146 e. The second-order valence-electron chi connectivity index (χ2n) is 6.79. The molecule has 0 saturated carbocycles. The highest BCUT2D eigenvalue weighted by molar-refractivity contribution is 7.85. The third-order valence-corrected chi connectivity index (χ3v) is 4.88. The van der Waals surface area contributed by atoms with E-state index in [1.807, 2.05) is 19.1 Å². The molecule has 0 aliphatic carbocycles. The van der Waals surface area contributed by atoms with Crippen molar-refractivity contribution in [2.24, 2.45) is 4.36 Å². The first kappa shape index (κ1) is 18.8. The van der Waals surface area contributed by atoms with Gasteiger partial charge in [-0.1, -0.05) is 0 Å². The summed E-state index contributed by atoms with van der Waals surface area (Å²) in [6, 6.07) is 8.39. The molecule has 1 aliphatic heterocycles. The fourth-order valence-electron chi connectivity index (χ4n) is 3.02. The molecule has 6 nitrogen and oxygen atoms in total. The number of anilines is 2. The van der Waals surface area contributed by atoms with Crippen molar-refractivity contribution in [3.63, 3.8) is 0 Å². The highest BCUT2D eigenvalue weighted by Crippen LogP contribution is 2.34. The first-order valence-electron chi connectivity index (χ1n) is 8.85. The van der Waals surface area contributed by atoms with Crippen molar-refractivity contribution in [2.45, 2.75) is 13.0 Å². The number of hydrogen-bond donors (Lipinski definition) is 1. The van der Waals surface area contributed by atoms with E-state index in [0.29, 0.717) is 30.5 Å². The van der Waals surface area contributed by atoms with Crippen molar-refractivity contribution < 1.29 is 13.9 Å². The maximum absolute atomic E-state index is 13.7. The van der Waals surface area contributed by atoms with E-state index in [4.69, 9.17) is 9.47 Å². The van der Waals surface area contributed by atoms with E-state index >= 15 is 0 Å². The Bertz CT molecular complexity index is 1070. The first-order valence-corrected chi connectivity index (χ1v) is 10.8. The van der Waals surface area contributed by atoms with Crippen LogP contribution >= 0.6 is 0 Å². The zero-order valence-corrected chi connectivity index (χ0v) is 16.7. The van der Waals surface area contributed by atoms with E-state index in [0.717, 1.165) is 22.2 Å². The zero-order chi connectivity index (χ0) is 19.7. The van der Waals surface area contributed by atoms with Crippen LogP contribution in [-0.2, 0) is 15.4 Å². The minimum atomic E-state index is -0.356. The van der Waals surface area contributed by atoms with Gasteiger partial charge in [-0.2, -0.15) is 0 Å². The number of fused-ring (bicyclic) bond motifs is 1. The molecule has 8 heteroatoms. The summed E-state index contributed by atoms with van der Waals surface area (Å²) in [7, 11) is -0.0576. The number of benzene rings is 2. The molecule has 1 fully saturated rings. The molecule has 2 aromatic carbocycles. The largest absolute Gasteiger partial charge is 0.483 e. The van der Waals surface area contributed by atoms with Crippen molar-refractivity contribution >= 4 is 38.8 Å². The molecule has 1 aromatic heterocycles. The van der Waals surface area contributed by atoms with Gasteiger partial charge in [0.1, 0.15) is 29.8 Å². The van der Waals surface area contributed by atoms with Crippen LogP contribution in [0.4, 0.5) is 21.6 Å². The molecule has 146 valence electrons. The number of aromatic nitrogens is 2. The third kappa shape index (κ3) is 3.98. The lowest BCUT2D eigenvalue weighted by Crippen LogP contribution is -2.38. The second kappa shape index (κ2) is 7.81. The molecule has 0 unspecified atom stereocenters. The van der Waals surface area contributed by atoms with Gasteiger partial charge in [0.15, 0.2) is 0 Å². The van der Waals surface area contributed by atoms with Gasteiger partial charge in [0.2, 0.25) is 0 Å². The Hall–Kier alpha value is -2.58. The average molecular weight is 400 g/mol. The van der Waals surface area contributed by atoms with E-state index in [-0.39, 0.29) is 22.6 Å². The van der Waals surface area contributed by atoms with Crippen molar-refractivity contribution in [3.8, 4) is 5.75 Å². The quantitative estimate of drug-likeness (QED) is 0.692. The normalized spacial score (nSPS) is 14.2. The van der Waals surface area contributed by atoms with Crippen LogP contribution in [0.2, 0.25) is 0 Å². The van der Waals surface area contributed by atoms with E-state index in [9.17, 15) is 4.39 Å². The number of nitrogens with zero attached hydrogens (tertiary/aromatic N) is 3. The molecule has 0 amide bonds. The van der Waals surface area contributed by atoms with Crippen molar-refractivity contribution in [3.05, 3.63) is 48.0 Å². The molecular weight excluding hydrogens is 379 g/mol. The van der Waals surface area contributed by atoms with Gasteiger partial charge in [0.05, 0.1) is 30.1 Å². The Balaban J connectivity index is 1.73. The van der Waals surface area contributed by atoms with Crippen LogP contribution in [0.25, 0.3) is 10.9 Å². The summed E-state index contributed by atoms with van der Waals surface area (Å²) in [4.78, 5) is 8.81. The summed E-state index contributed by atoms with van der Waals surface area (Å²) in [6.07, 6.45) is 5.58. The fourth-order valence-corrected chi connectivity index (χ4v) is 3.54. The maximum Gasteiger partial charge on any atom is 0.146 e. The van der Waals surface area contributed by atoms with Crippen LogP contribution in [0.3, 0.4) is 0 Å². The molecule has 3 aromatic rings. The Labute approximate surface area is 165 Å². The molecule has 4 rings (SSSR count). The van der Waals surface area contributed by atoms with Crippen molar-refractivity contribution in [1.82, 2.24) is 9.97 Å². The lowest BCUT2D eigenvalue weighted by atomic mass is 10.1. The monoisotopic (exact) mass is 400 g/mol. The van der Waals surface area contributed by atoms with Gasteiger partial charge in [0, 0.05) is 11.5 Å². The van der Waals surface area contributed by atoms with Crippen LogP contribution in [0.1, 0.15) is 5.56 Å². The Morgan fingerprint density at radius 1 is 1.21 bits per heavy atom. The van der Waals surface area contributed by atoms with Crippen LogP contribution < -0.4 is 10.1 Å². The highest BCUT2D eigenvalue weighted by atomic mass is 32.2. The van der Waals surface area contributed by atoms with E-state index in [2.05, 4.69) is 32.2 Å². The fraction of sp³-hybridized carbons (Fsp3) is 0.300. The third-order valence-electron chi connectivity index (χ3n) is 4.31. The molecule has 0 radical (unpaired) electrons. The summed E-state index contributed by atoms with van der Waals surface area (Å²) in [5, 5.41) is 4.18. The number of halogens is 1. The van der Waals surface area contributed by atoms with Gasteiger partial charge < -0.3 is 14.8 Å². The first-order chi connectivity index (χ1) is 13.5. The number of nitrogens with one attached hydrogen (secondary N) is 1. The number of hydrogen-bond acceptors (Lipinski definition) is 6. The van der Waals surface area contributed by atoms with E-state index in [1.54, 1.807) is 6.07 Å². The summed E-state index contributed by atoms with van der Waals surface area (Å²) in [6.45, 7) is 3.02. The predicted octanol–water partition coefficient (Wildman–Crippen LogP) is 4.29. The average Bonchev–Trinajstić information content (AvgIpc) is 2.59. The highest BCUT2D eigenvalue weighted by Gasteiger charge is 2.22. The summed E-state index contributed by atoms with van der Waals surface area (Å²) in [5.74, 6) is 0.720. The van der Waals surface area contributed by atoms with Gasteiger partial charge >= 0.3 is 0 Å². The van der Waals surface area contributed by atoms with Crippen LogP contribution in [-0.4, -0.2) is 41.8 Å². The Kier molecular flexibility index (Phi) is 5.23. The molecular formula is C20H21FN4O2S. The molecule has 0 bridgehead atoms. The van der Waals surface area contributed by atoms with Crippen molar-refractivity contribution in [2.75, 3.05) is 31.0 Å². The molecule has 0 atom stereocenters. The molecule has 28 heavy (non-hydrogen) atoms. The summed E-state index contributed by atoms with van der Waals surface area (Å²) < 4.78 is 29.4. The summed E-state index contributed by atoms with van der Waals surface area (Å²) >= 11 is 0. The SMILES string of the molecule is Cc1cc(N=S(C)C)cc2ncnc(Nc3ccc(F)cc3OC3COC3)c12. The van der Waals surface area contributed by atoms with Crippen molar-refractivity contribution in [1.29, 1.82) is 0 Å².